The third kappa shape index (κ3) is 5.28. The average Bonchev–Trinajstić information content (AvgIpc) is 2.41. The van der Waals surface area contributed by atoms with Crippen LogP contribution in [0.4, 0.5) is 5.69 Å². The van der Waals surface area contributed by atoms with E-state index in [-0.39, 0.29) is 5.91 Å². The predicted molar refractivity (Wildman–Crippen MR) is 93.7 cm³/mol. The van der Waals surface area contributed by atoms with Crippen LogP contribution in [-0.4, -0.2) is 33.2 Å². The summed E-state index contributed by atoms with van der Waals surface area (Å²) in [6, 6.07) is 1.80. The van der Waals surface area contributed by atoms with Gasteiger partial charge in [-0.1, -0.05) is 44.8 Å². The van der Waals surface area contributed by atoms with Gasteiger partial charge < -0.3 is 10.2 Å². The van der Waals surface area contributed by atoms with Gasteiger partial charge in [0, 0.05) is 30.9 Å². The fraction of sp³-hybridized carbons (Fsp3) is 0.533. The standard InChI is InChI=1S/C15H23N3OS2/c1-6-18(7-2)14(20)21-12-10-16-9-8-11(12)17-13(19)15(3,4)5/h8-10H,6-7H2,1-5H3,(H,16,17,19). The molecule has 0 aliphatic heterocycles. The van der Waals surface area contributed by atoms with E-state index in [1.165, 1.54) is 11.8 Å². The molecule has 0 fully saturated rings. The highest BCUT2D eigenvalue weighted by Crippen LogP contribution is 2.29. The van der Waals surface area contributed by atoms with E-state index in [1.807, 2.05) is 20.8 Å². The molecule has 0 aromatic carbocycles. The highest BCUT2D eigenvalue weighted by molar-refractivity contribution is 8.23. The molecule has 6 heteroatoms. The van der Waals surface area contributed by atoms with Gasteiger partial charge in [-0.25, -0.2) is 0 Å². The van der Waals surface area contributed by atoms with E-state index >= 15 is 0 Å². The Kier molecular flexibility index (Phi) is 6.61. The van der Waals surface area contributed by atoms with Gasteiger partial charge in [0.25, 0.3) is 0 Å². The average molecular weight is 326 g/mol. The summed E-state index contributed by atoms with van der Waals surface area (Å²) in [7, 11) is 0. The first-order valence-corrected chi connectivity index (χ1v) is 8.24. The van der Waals surface area contributed by atoms with Crippen molar-refractivity contribution >= 4 is 39.9 Å². The number of carbonyl (C=O) groups is 1. The Morgan fingerprint density at radius 2 is 2.00 bits per heavy atom. The third-order valence-electron chi connectivity index (χ3n) is 2.93. The van der Waals surface area contributed by atoms with E-state index < -0.39 is 5.41 Å². The number of rotatable bonds is 4. The first-order chi connectivity index (χ1) is 9.79. The van der Waals surface area contributed by atoms with Crippen LogP contribution in [0.1, 0.15) is 34.6 Å². The Bertz CT molecular complexity index is 508. The van der Waals surface area contributed by atoms with E-state index in [9.17, 15) is 4.79 Å². The number of thioether (sulfide) groups is 1. The minimum absolute atomic E-state index is 0.0238. The third-order valence-corrected chi connectivity index (χ3v) is 4.42. The topological polar surface area (TPSA) is 45.2 Å². The van der Waals surface area contributed by atoms with Crippen LogP contribution >= 0.6 is 24.0 Å². The molecule has 0 aliphatic rings. The Morgan fingerprint density at radius 3 is 2.52 bits per heavy atom. The highest BCUT2D eigenvalue weighted by Gasteiger charge is 2.22. The Hall–Kier alpha value is -1.14. The summed E-state index contributed by atoms with van der Waals surface area (Å²) in [5.41, 5.74) is 0.314. The van der Waals surface area contributed by atoms with Crippen LogP contribution in [0, 0.1) is 5.41 Å². The minimum Gasteiger partial charge on any atom is -0.358 e. The number of hydrogen-bond acceptors (Lipinski definition) is 4. The molecule has 1 rings (SSSR count). The molecule has 21 heavy (non-hydrogen) atoms. The molecule has 1 heterocycles. The van der Waals surface area contributed by atoms with Crippen LogP contribution in [0.5, 0.6) is 0 Å². The van der Waals surface area contributed by atoms with Gasteiger partial charge in [0.05, 0.1) is 10.6 Å². The lowest BCUT2D eigenvalue weighted by Gasteiger charge is -2.22. The van der Waals surface area contributed by atoms with Crippen LogP contribution in [0.3, 0.4) is 0 Å². The number of pyridine rings is 1. The van der Waals surface area contributed by atoms with Crippen LogP contribution in [0.15, 0.2) is 23.4 Å². The zero-order chi connectivity index (χ0) is 16.0. The lowest BCUT2D eigenvalue weighted by Crippen LogP contribution is -2.28. The second-order valence-corrected chi connectivity index (χ2v) is 7.29. The van der Waals surface area contributed by atoms with Crippen molar-refractivity contribution < 1.29 is 4.79 Å². The summed E-state index contributed by atoms with van der Waals surface area (Å²) in [5, 5.41) is 2.95. The monoisotopic (exact) mass is 325 g/mol. The van der Waals surface area contributed by atoms with Crippen molar-refractivity contribution in [2.24, 2.45) is 5.41 Å². The van der Waals surface area contributed by atoms with Crippen LogP contribution in [0.25, 0.3) is 0 Å². The van der Waals surface area contributed by atoms with Crippen molar-refractivity contribution in [3.05, 3.63) is 18.5 Å². The van der Waals surface area contributed by atoms with Gasteiger partial charge in [0.1, 0.15) is 4.32 Å². The van der Waals surface area contributed by atoms with Crippen molar-refractivity contribution in [2.45, 2.75) is 39.5 Å². The number of anilines is 1. The summed E-state index contributed by atoms with van der Waals surface area (Å²) in [6.45, 7) is 11.5. The number of hydrogen-bond donors (Lipinski definition) is 1. The molecule has 0 spiro atoms. The van der Waals surface area contributed by atoms with Crippen molar-refractivity contribution in [2.75, 3.05) is 18.4 Å². The number of carbonyl (C=O) groups excluding carboxylic acids is 1. The maximum absolute atomic E-state index is 12.1. The van der Waals surface area contributed by atoms with Crippen LogP contribution < -0.4 is 5.32 Å². The van der Waals surface area contributed by atoms with E-state index in [0.29, 0.717) is 0 Å². The zero-order valence-electron chi connectivity index (χ0n) is 13.3. The Morgan fingerprint density at radius 1 is 1.38 bits per heavy atom. The summed E-state index contributed by atoms with van der Waals surface area (Å²) in [5.74, 6) is -0.0238. The molecular weight excluding hydrogens is 302 g/mol. The lowest BCUT2D eigenvalue weighted by atomic mass is 9.95. The quantitative estimate of drug-likeness (QED) is 0.674. The van der Waals surface area contributed by atoms with Gasteiger partial charge in [-0.15, -0.1) is 0 Å². The number of amides is 1. The first kappa shape index (κ1) is 17.9. The van der Waals surface area contributed by atoms with Gasteiger partial charge in [-0.2, -0.15) is 0 Å². The Labute approximate surface area is 136 Å². The SMILES string of the molecule is CCN(CC)C(=S)Sc1cnccc1NC(=O)C(C)(C)C. The molecule has 1 aromatic rings. The van der Waals surface area contributed by atoms with Gasteiger partial charge in [-0.05, 0) is 19.9 Å². The first-order valence-electron chi connectivity index (χ1n) is 7.01. The predicted octanol–water partition coefficient (Wildman–Crippen LogP) is 3.79. The molecule has 4 nitrogen and oxygen atoms in total. The van der Waals surface area contributed by atoms with E-state index in [4.69, 9.17) is 12.2 Å². The van der Waals surface area contributed by atoms with Gasteiger partial charge in [0.2, 0.25) is 5.91 Å². The number of nitrogens with one attached hydrogen (secondary N) is 1. The van der Waals surface area contributed by atoms with Crippen molar-refractivity contribution in [3.63, 3.8) is 0 Å². The zero-order valence-corrected chi connectivity index (χ0v) is 14.9. The van der Waals surface area contributed by atoms with Gasteiger partial charge in [0.15, 0.2) is 0 Å². The summed E-state index contributed by atoms with van der Waals surface area (Å²) in [6.07, 6.45) is 3.40. The molecule has 116 valence electrons. The molecule has 0 saturated carbocycles. The second-order valence-electron chi connectivity index (χ2n) is 5.62. The van der Waals surface area contributed by atoms with Crippen molar-refractivity contribution in [1.29, 1.82) is 0 Å². The molecule has 0 unspecified atom stereocenters. The van der Waals surface area contributed by atoms with Crippen molar-refractivity contribution in [1.82, 2.24) is 9.88 Å². The lowest BCUT2D eigenvalue weighted by molar-refractivity contribution is -0.123. The molecule has 1 aromatic heterocycles. The molecule has 0 aliphatic carbocycles. The molecule has 0 radical (unpaired) electrons. The van der Waals surface area contributed by atoms with Crippen molar-refractivity contribution in [3.8, 4) is 0 Å². The van der Waals surface area contributed by atoms with E-state index in [0.717, 1.165) is 28.0 Å². The van der Waals surface area contributed by atoms with Gasteiger partial charge >= 0.3 is 0 Å². The number of nitrogens with zero attached hydrogens (tertiary/aromatic N) is 2. The smallest absolute Gasteiger partial charge is 0.229 e. The fourth-order valence-electron chi connectivity index (χ4n) is 1.51. The van der Waals surface area contributed by atoms with E-state index in [1.54, 1.807) is 18.5 Å². The molecule has 1 N–H and O–H groups in total. The summed E-state index contributed by atoms with van der Waals surface area (Å²) < 4.78 is 0.791. The largest absolute Gasteiger partial charge is 0.358 e. The van der Waals surface area contributed by atoms with Crippen LogP contribution in [-0.2, 0) is 4.79 Å². The molecule has 0 atom stereocenters. The maximum Gasteiger partial charge on any atom is 0.229 e. The van der Waals surface area contributed by atoms with E-state index in [2.05, 4.69) is 29.0 Å². The Balaban J connectivity index is 2.90. The second kappa shape index (κ2) is 7.75. The summed E-state index contributed by atoms with van der Waals surface area (Å²) in [4.78, 5) is 19.2. The number of aromatic nitrogens is 1. The number of thiocarbonyl (C=S) groups is 1. The minimum atomic E-state index is -0.440. The normalized spacial score (nSPS) is 11.1. The molecule has 0 bridgehead atoms. The fourth-order valence-corrected chi connectivity index (χ4v) is 2.96. The molecule has 0 saturated heterocycles. The maximum atomic E-state index is 12.1. The highest BCUT2D eigenvalue weighted by atomic mass is 32.2. The van der Waals surface area contributed by atoms with Gasteiger partial charge in [-0.3, -0.25) is 9.78 Å². The molecule has 1 amide bonds. The molecular formula is C15H23N3OS2. The summed E-state index contributed by atoms with van der Waals surface area (Å²) >= 11 is 6.91. The van der Waals surface area contributed by atoms with Crippen LogP contribution in [0.2, 0.25) is 0 Å².